The minimum Gasteiger partial charge on any atom is -0.456 e. The van der Waals surface area contributed by atoms with Gasteiger partial charge in [0.15, 0.2) is 17.5 Å². The van der Waals surface area contributed by atoms with E-state index in [1.54, 1.807) is 0 Å². The molecule has 3 heterocycles. The summed E-state index contributed by atoms with van der Waals surface area (Å²) in [6, 6.07) is 44.0. The molecule has 9 rings (SSSR count). The molecule has 2 aliphatic rings. The van der Waals surface area contributed by atoms with Gasteiger partial charge in [-0.3, -0.25) is 0 Å². The largest absolute Gasteiger partial charge is 0.456 e. The van der Waals surface area contributed by atoms with Gasteiger partial charge >= 0.3 is 0 Å². The van der Waals surface area contributed by atoms with Crippen LogP contribution in [-0.4, -0.2) is 21.0 Å². The minimum absolute atomic E-state index is 0.0761. The molecule has 1 aliphatic carbocycles. The molecule has 2 aromatic heterocycles. The van der Waals surface area contributed by atoms with Crippen molar-refractivity contribution in [1.29, 1.82) is 0 Å². The summed E-state index contributed by atoms with van der Waals surface area (Å²) in [6.45, 7) is 2.11. The Hall–Kier alpha value is -5.81. The van der Waals surface area contributed by atoms with Crippen LogP contribution < -0.4 is 4.90 Å². The summed E-state index contributed by atoms with van der Waals surface area (Å²) in [5, 5.41) is 1.07. The molecule has 0 bridgehead atoms. The second-order valence-corrected chi connectivity index (χ2v) is 11.6. The van der Waals surface area contributed by atoms with E-state index in [2.05, 4.69) is 90.7 Å². The lowest BCUT2D eigenvalue weighted by Crippen LogP contribution is -2.30. The quantitative estimate of drug-likeness (QED) is 0.207. The molecule has 2 unspecified atom stereocenters. The first-order chi connectivity index (χ1) is 22.2. The molecule has 45 heavy (non-hydrogen) atoms. The van der Waals surface area contributed by atoms with Gasteiger partial charge in [0.2, 0.25) is 0 Å². The fourth-order valence-electron chi connectivity index (χ4n) is 6.99. The minimum atomic E-state index is 0.0761. The summed E-state index contributed by atoms with van der Waals surface area (Å²) in [5.74, 6) is 2.89. The lowest BCUT2D eigenvalue weighted by Gasteiger charge is -2.30. The van der Waals surface area contributed by atoms with Gasteiger partial charge in [0.25, 0.3) is 0 Å². The molecule has 0 spiro atoms. The second kappa shape index (κ2) is 10.1. The predicted octanol–water partition coefficient (Wildman–Crippen LogP) is 9.61. The SMILES string of the molecule is Cc1ccc(-c2nc(-c3ccccc3)nc(-c3ccccc3)n2)c2c3c(oc12)C=CC1C3c2ccccc2N1c1ccccc1. The summed E-state index contributed by atoms with van der Waals surface area (Å²) < 4.78 is 6.70. The highest BCUT2D eigenvalue weighted by Crippen LogP contribution is 2.54. The first kappa shape index (κ1) is 25.7. The van der Waals surface area contributed by atoms with Crippen LogP contribution in [0.15, 0.2) is 138 Å². The van der Waals surface area contributed by atoms with Crippen LogP contribution in [0.2, 0.25) is 0 Å². The lowest BCUT2D eigenvalue weighted by atomic mass is 9.81. The molecule has 1 aliphatic heterocycles. The summed E-state index contributed by atoms with van der Waals surface area (Å²) in [7, 11) is 0. The average molecular weight is 581 g/mol. The van der Waals surface area contributed by atoms with Crippen LogP contribution in [0.4, 0.5) is 11.4 Å². The highest BCUT2D eigenvalue weighted by molar-refractivity contribution is 6.01. The molecule has 5 heteroatoms. The summed E-state index contributed by atoms with van der Waals surface area (Å²) >= 11 is 0. The number of rotatable bonds is 4. The Bertz CT molecular complexity index is 2180. The van der Waals surface area contributed by atoms with Crippen molar-refractivity contribution in [2.45, 2.75) is 18.9 Å². The summed E-state index contributed by atoms with van der Waals surface area (Å²) in [5.41, 5.74) is 9.67. The second-order valence-electron chi connectivity index (χ2n) is 11.6. The van der Waals surface area contributed by atoms with Crippen LogP contribution in [0.1, 0.15) is 28.4 Å². The van der Waals surface area contributed by atoms with Crippen LogP contribution in [0.3, 0.4) is 0 Å². The molecule has 5 nitrogen and oxygen atoms in total. The molecule has 0 saturated carbocycles. The maximum atomic E-state index is 6.70. The molecule has 0 radical (unpaired) electrons. The van der Waals surface area contributed by atoms with E-state index in [4.69, 9.17) is 19.4 Å². The predicted molar refractivity (Wildman–Crippen MR) is 180 cm³/mol. The lowest BCUT2D eigenvalue weighted by molar-refractivity contribution is 0.582. The van der Waals surface area contributed by atoms with Gasteiger partial charge in [-0.25, -0.2) is 15.0 Å². The zero-order valence-corrected chi connectivity index (χ0v) is 24.6. The van der Waals surface area contributed by atoms with Crippen molar-refractivity contribution in [2.75, 3.05) is 4.90 Å². The maximum absolute atomic E-state index is 6.70. The summed E-state index contributed by atoms with van der Waals surface area (Å²) in [6.07, 6.45) is 4.45. The topological polar surface area (TPSA) is 55.1 Å². The van der Waals surface area contributed by atoms with E-state index >= 15 is 0 Å². The first-order valence-electron chi connectivity index (χ1n) is 15.3. The first-order valence-corrected chi connectivity index (χ1v) is 15.3. The zero-order chi connectivity index (χ0) is 29.9. The van der Waals surface area contributed by atoms with Crippen LogP contribution in [0.25, 0.3) is 51.2 Å². The van der Waals surface area contributed by atoms with Gasteiger partial charge in [0, 0.05) is 44.9 Å². The molecule has 214 valence electrons. The molecule has 7 aromatic rings. The van der Waals surface area contributed by atoms with E-state index in [0.717, 1.165) is 39.0 Å². The van der Waals surface area contributed by atoms with Crippen LogP contribution in [0, 0.1) is 6.92 Å². The van der Waals surface area contributed by atoms with Crippen molar-refractivity contribution in [3.8, 4) is 34.2 Å². The fraction of sp³-hybridized carbons (Fsp3) is 0.0750. The molecule has 0 N–H and O–H groups in total. The Morgan fingerprint density at radius 1 is 0.622 bits per heavy atom. The molecular formula is C40H28N4O. The van der Waals surface area contributed by atoms with Gasteiger partial charge in [-0.05, 0) is 42.3 Å². The van der Waals surface area contributed by atoms with Crippen molar-refractivity contribution < 1.29 is 4.42 Å². The Kier molecular flexibility index (Phi) is 5.78. The van der Waals surface area contributed by atoms with Crippen molar-refractivity contribution in [1.82, 2.24) is 15.0 Å². The number of nitrogens with zero attached hydrogens (tertiary/aromatic N) is 4. The maximum Gasteiger partial charge on any atom is 0.164 e. The number of para-hydroxylation sites is 2. The van der Waals surface area contributed by atoms with Crippen molar-refractivity contribution in [2.24, 2.45) is 0 Å². The Morgan fingerprint density at radius 3 is 1.91 bits per heavy atom. The van der Waals surface area contributed by atoms with E-state index in [0.29, 0.717) is 17.5 Å². The molecule has 0 amide bonds. The Morgan fingerprint density at radius 2 is 1.22 bits per heavy atom. The van der Waals surface area contributed by atoms with E-state index < -0.39 is 0 Å². The third kappa shape index (κ3) is 4.05. The van der Waals surface area contributed by atoms with Crippen LogP contribution in [-0.2, 0) is 0 Å². The third-order valence-corrected chi connectivity index (χ3v) is 9.00. The van der Waals surface area contributed by atoms with Crippen molar-refractivity contribution >= 4 is 28.4 Å². The Balaban J connectivity index is 1.30. The normalized spacial score (nSPS) is 16.4. The number of aromatic nitrogens is 3. The van der Waals surface area contributed by atoms with Gasteiger partial charge in [-0.15, -0.1) is 0 Å². The van der Waals surface area contributed by atoms with Gasteiger partial charge in [-0.1, -0.05) is 115 Å². The smallest absolute Gasteiger partial charge is 0.164 e. The van der Waals surface area contributed by atoms with Crippen molar-refractivity contribution in [3.05, 3.63) is 156 Å². The summed E-state index contributed by atoms with van der Waals surface area (Å²) in [4.78, 5) is 17.6. The number of fused-ring (bicyclic) bond motifs is 7. The van der Waals surface area contributed by atoms with Gasteiger partial charge in [-0.2, -0.15) is 0 Å². The van der Waals surface area contributed by atoms with E-state index in [9.17, 15) is 0 Å². The van der Waals surface area contributed by atoms with Gasteiger partial charge in [0.05, 0.1) is 6.04 Å². The molecule has 2 atom stereocenters. The van der Waals surface area contributed by atoms with Crippen LogP contribution >= 0.6 is 0 Å². The van der Waals surface area contributed by atoms with Gasteiger partial charge < -0.3 is 9.32 Å². The molecule has 5 aromatic carbocycles. The average Bonchev–Trinajstić information content (AvgIpc) is 3.66. The van der Waals surface area contributed by atoms with E-state index in [1.807, 2.05) is 60.7 Å². The fourth-order valence-corrected chi connectivity index (χ4v) is 6.99. The highest BCUT2D eigenvalue weighted by Gasteiger charge is 2.43. The number of hydrogen-bond acceptors (Lipinski definition) is 5. The Labute approximate surface area is 261 Å². The number of hydrogen-bond donors (Lipinski definition) is 0. The zero-order valence-electron chi connectivity index (χ0n) is 24.6. The number of aryl methyl sites for hydroxylation is 1. The molecule has 0 fully saturated rings. The number of anilines is 2. The highest BCUT2D eigenvalue weighted by atomic mass is 16.3. The standard InChI is InChI=1S/C40H28N4O/c1-25-21-22-30(40-42-38(26-13-5-2-6-14-26)41-39(43-40)27-15-7-3-8-16-27)35-36-33(45-37(25)35)24-23-32-34(36)29-19-11-12-20-31(29)44(32)28-17-9-4-10-18-28/h2-24,32,34H,1H3. The number of benzene rings is 5. The van der Waals surface area contributed by atoms with E-state index in [1.165, 1.54) is 22.5 Å². The van der Waals surface area contributed by atoms with E-state index in [-0.39, 0.29) is 12.0 Å². The molecular weight excluding hydrogens is 552 g/mol. The monoisotopic (exact) mass is 580 g/mol. The third-order valence-electron chi connectivity index (χ3n) is 9.00. The van der Waals surface area contributed by atoms with Crippen molar-refractivity contribution in [3.63, 3.8) is 0 Å². The van der Waals surface area contributed by atoms with Crippen LogP contribution in [0.5, 0.6) is 0 Å². The number of furan rings is 1. The van der Waals surface area contributed by atoms with Gasteiger partial charge in [0.1, 0.15) is 11.3 Å². The molecule has 0 saturated heterocycles.